The zero-order chi connectivity index (χ0) is 9.84. The van der Waals surface area contributed by atoms with E-state index in [9.17, 15) is 5.11 Å². The van der Waals surface area contributed by atoms with Crippen LogP contribution in [0.5, 0.6) is 5.88 Å². The quantitative estimate of drug-likeness (QED) is 0.757. The van der Waals surface area contributed by atoms with Crippen molar-refractivity contribution in [2.45, 2.75) is 6.10 Å². The lowest BCUT2D eigenvalue weighted by Crippen LogP contribution is -2.00. The fourth-order valence-corrected chi connectivity index (χ4v) is 1.23. The topological polar surface area (TPSA) is 42.4 Å². The van der Waals surface area contributed by atoms with Crippen molar-refractivity contribution in [1.82, 2.24) is 4.98 Å². The molecule has 0 saturated carbocycles. The van der Waals surface area contributed by atoms with Gasteiger partial charge in [-0.25, -0.2) is 4.98 Å². The van der Waals surface area contributed by atoms with E-state index in [0.29, 0.717) is 16.5 Å². The third kappa shape index (κ3) is 1.99. The number of hydrogen-bond donors (Lipinski definition) is 1. The van der Waals surface area contributed by atoms with Crippen molar-refractivity contribution >= 4 is 11.6 Å². The Morgan fingerprint density at radius 2 is 2.46 bits per heavy atom. The molecule has 0 fully saturated rings. The molecule has 0 aliphatic heterocycles. The van der Waals surface area contributed by atoms with Gasteiger partial charge < -0.3 is 9.84 Å². The smallest absolute Gasteiger partial charge is 0.220 e. The molecule has 0 aliphatic rings. The van der Waals surface area contributed by atoms with E-state index in [1.165, 1.54) is 19.4 Å². The zero-order valence-electron chi connectivity index (χ0n) is 7.20. The van der Waals surface area contributed by atoms with Gasteiger partial charge in [0.05, 0.1) is 17.7 Å². The first-order valence-electron chi connectivity index (χ1n) is 3.69. The molecule has 1 N–H and O–H groups in total. The lowest BCUT2D eigenvalue weighted by molar-refractivity contribution is 0.222. The molecule has 1 unspecified atom stereocenters. The van der Waals surface area contributed by atoms with Crippen LogP contribution >= 0.6 is 11.6 Å². The highest BCUT2D eigenvalue weighted by Crippen LogP contribution is 2.30. The van der Waals surface area contributed by atoms with Crippen LogP contribution in [0.2, 0.25) is 5.02 Å². The number of aliphatic hydroxyl groups excluding tert-OH is 1. The first kappa shape index (κ1) is 10.0. The van der Waals surface area contributed by atoms with E-state index in [-0.39, 0.29) is 0 Å². The fourth-order valence-electron chi connectivity index (χ4n) is 0.980. The van der Waals surface area contributed by atoms with Crippen molar-refractivity contribution in [3.05, 3.63) is 35.5 Å². The van der Waals surface area contributed by atoms with Crippen LogP contribution in [0.3, 0.4) is 0 Å². The van der Waals surface area contributed by atoms with E-state index in [0.717, 1.165) is 0 Å². The fraction of sp³-hybridized carbons (Fsp3) is 0.222. The molecule has 0 bridgehead atoms. The number of halogens is 1. The van der Waals surface area contributed by atoms with Crippen LogP contribution in [0.15, 0.2) is 24.9 Å². The maximum Gasteiger partial charge on any atom is 0.220 e. The molecule has 1 aromatic heterocycles. The van der Waals surface area contributed by atoms with Crippen LogP contribution in [0.1, 0.15) is 11.7 Å². The highest BCUT2D eigenvalue weighted by Gasteiger charge is 2.14. The van der Waals surface area contributed by atoms with Crippen molar-refractivity contribution in [1.29, 1.82) is 0 Å². The van der Waals surface area contributed by atoms with E-state index < -0.39 is 6.10 Å². The number of hydrogen-bond acceptors (Lipinski definition) is 3. The molecule has 0 spiro atoms. The third-order valence-electron chi connectivity index (χ3n) is 1.61. The Balaban J connectivity index is 3.22. The maximum atomic E-state index is 9.50. The van der Waals surface area contributed by atoms with Crippen LogP contribution in [-0.4, -0.2) is 17.2 Å². The van der Waals surface area contributed by atoms with Crippen molar-refractivity contribution in [2.24, 2.45) is 0 Å². The minimum Gasteiger partial charge on any atom is -0.481 e. The molecule has 70 valence electrons. The Hall–Kier alpha value is -1.06. The van der Waals surface area contributed by atoms with Gasteiger partial charge in [0.25, 0.3) is 0 Å². The predicted molar refractivity (Wildman–Crippen MR) is 51.0 cm³/mol. The minimum atomic E-state index is -0.851. The maximum absolute atomic E-state index is 9.50. The largest absolute Gasteiger partial charge is 0.481 e. The zero-order valence-corrected chi connectivity index (χ0v) is 7.95. The molecule has 1 atom stereocenters. The van der Waals surface area contributed by atoms with Gasteiger partial charge in [0.15, 0.2) is 0 Å². The summed E-state index contributed by atoms with van der Waals surface area (Å²) in [6, 6.07) is 1.59. The molecule has 0 radical (unpaired) electrons. The first-order valence-corrected chi connectivity index (χ1v) is 4.07. The molecule has 1 heterocycles. The van der Waals surface area contributed by atoms with Crippen LogP contribution < -0.4 is 4.74 Å². The number of pyridine rings is 1. The van der Waals surface area contributed by atoms with Gasteiger partial charge in [0.1, 0.15) is 6.10 Å². The van der Waals surface area contributed by atoms with Crippen LogP contribution in [0, 0.1) is 0 Å². The van der Waals surface area contributed by atoms with Crippen LogP contribution in [-0.2, 0) is 0 Å². The normalized spacial score (nSPS) is 12.2. The van der Waals surface area contributed by atoms with E-state index in [1.54, 1.807) is 6.07 Å². The minimum absolute atomic E-state index is 0.319. The van der Waals surface area contributed by atoms with Gasteiger partial charge in [-0.1, -0.05) is 17.7 Å². The van der Waals surface area contributed by atoms with E-state index in [1.807, 2.05) is 0 Å². The molecule has 1 rings (SSSR count). The second-order valence-electron chi connectivity index (χ2n) is 2.40. The summed E-state index contributed by atoms with van der Waals surface area (Å²) in [6.07, 6.45) is 2.03. The number of aromatic nitrogens is 1. The van der Waals surface area contributed by atoms with Crippen LogP contribution in [0.4, 0.5) is 0 Å². The lowest BCUT2D eigenvalue weighted by Gasteiger charge is -2.11. The average Bonchev–Trinajstić information content (AvgIpc) is 2.16. The molecule has 0 aliphatic carbocycles. The van der Waals surface area contributed by atoms with E-state index in [2.05, 4.69) is 11.6 Å². The summed E-state index contributed by atoms with van der Waals surface area (Å²) < 4.78 is 4.95. The second kappa shape index (κ2) is 4.25. The highest BCUT2D eigenvalue weighted by atomic mass is 35.5. The Bertz CT molecular complexity index is 314. The number of nitrogens with zero attached hydrogens (tertiary/aromatic N) is 1. The number of ether oxygens (including phenoxy) is 1. The molecule has 0 amide bonds. The third-order valence-corrected chi connectivity index (χ3v) is 1.94. The molecular formula is C9H10ClNO2. The summed E-state index contributed by atoms with van der Waals surface area (Å²) in [4.78, 5) is 3.91. The summed E-state index contributed by atoms with van der Waals surface area (Å²) in [6.45, 7) is 3.46. The first-order chi connectivity index (χ1) is 6.20. The Morgan fingerprint density at radius 3 is 3.00 bits per heavy atom. The molecule has 13 heavy (non-hydrogen) atoms. The van der Waals surface area contributed by atoms with Crippen molar-refractivity contribution in [3.63, 3.8) is 0 Å². The van der Waals surface area contributed by atoms with Gasteiger partial charge in [-0.05, 0) is 6.07 Å². The highest BCUT2D eigenvalue weighted by molar-refractivity contribution is 6.31. The molecular weight excluding hydrogens is 190 g/mol. The van der Waals surface area contributed by atoms with Gasteiger partial charge in [-0.2, -0.15) is 0 Å². The standard InChI is InChI=1S/C9H10ClNO2/c1-3-7(12)8-6(10)4-5-11-9(8)13-2/h3-5,7,12H,1H2,2H3. The molecule has 1 aromatic rings. The van der Waals surface area contributed by atoms with E-state index in [4.69, 9.17) is 16.3 Å². The van der Waals surface area contributed by atoms with Gasteiger partial charge in [-0.3, -0.25) is 0 Å². The van der Waals surface area contributed by atoms with Gasteiger partial charge in [-0.15, -0.1) is 6.58 Å². The molecule has 3 nitrogen and oxygen atoms in total. The van der Waals surface area contributed by atoms with Crippen molar-refractivity contribution in [2.75, 3.05) is 7.11 Å². The monoisotopic (exact) mass is 199 g/mol. The SMILES string of the molecule is C=CC(O)c1c(Cl)ccnc1OC. The Labute approximate surface area is 81.6 Å². The predicted octanol–water partition coefficient (Wildman–Crippen LogP) is 1.96. The summed E-state index contributed by atoms with van der Waals surface area (Å²) in [5.74, 6) is 0.319. The summed E-state index contributed by atoms with van der Waals surface area (Å²) >= 11 is 5.85. The van der Waals surface area contributed by atoms with Gasteiger partial charge in [0.2, 0.25) is 5.88 Å². The lowest BCUT2D eigenvalue weighted by atomic mass is 10.1. The number of aliphatic hydroxyl groups is 1. The molecule has 0 saturated heterocycles. The molecule has 0 aromatic carbocycles. The molecule has 4 heteroatoms. The average molecular weight is 200 g/mol. The van der Waals surface area contributed by atoms with Gasteiger partial charge in [0, 0.05) is 6.20 Å². The number of rotatable bonds is 3. The van der Waals surface area contributed by atoms with E-state index >= 15 is 0 Å². The summed E-state index contributed by atoms with van der Waals surface area (Å²) in [5, 5.41) is 9.92. The Kier molecular flexibility index (Phi) is 3.28. The summed E-state index contributed by atoms with van der Waals surface area (Å²) in [7, 11) is 1.47. The van der Waals surface area contributed by atoms with Crippen molar-refractivity contribution in [3.8, 4) is 5.88 Å². The summed E-state index contributed by atoms with van der Waals surface area (Å²) in [5.41, 5.74) is 0.446. The van der Waals surface area contributed by atoms with Crippen molar-refractivity contribution < 1.29 is 9.84 Å². The second-order valence-corrected chi connectivity index (χ2v) is 2.80. The number of methoxy groups -OCH3 is 1. The Morgan fingerprint density at radius 1 is 1.77 bits per heavy atom. The van der Waals surface area contributed by atoms with Gasteiger partial charge >= 0.3 is 0 Å². The van der Waals surface area contributed by atoms with Crippen LogP contribution in [0.25, 0.3) is 0 Å².